The molecule has 1 aromatic carbocycles. The molecule has 0 bridgehead atoms. The largest absolute Gasteiger partial charge is 0.480 e. The maximum Gasteiger partial charge on any atom is 0.323 e. The number of rotatable bonds is 4. The number of benzene rings is 1. The van der Waals surface area contributed by atoms with Crippen molar-refractivity contribution in [2.75, 3.05) is 24.5 Å². The highest BCUT2D eigenvalue weighted by atomic mass is 16.4. The average Bonchev–Trinajstić information content (AvgIpc) is 2.46. The molecule has 19 heavy (non-hydrogen) atoms. The van der Waals surface area contributed by atoms with Crippen molar-refractivity contribution < 1.29 is 14.7 Å². The van der Waals surface area contributed by atoms with Crippen LogP contribution in [0.4, 0.5) is 5.69 Å². The van der Waals surface area contributed by atoms with Gasteiger partial charge >= 0.3 is 5.97 Å². The van der Waals surface area contributed by atoms with Gasteiger partial charge in [-0.25, -0.2) is 0 Å². The van der Waals surface area contributed by atoms with Crippen LogP contribution < -0.4 is 10.2 Å². The molecule has 2 rings (SSSR count). The molecule has 2 N–H and O–H groups in total. The third kappa shape index (κ3) is 3.54. The first kappa shape index (κ1) is 13.5. The van der Waals surface area contributed by atoms with E-state index in [1.165, 1.54) is 4.90 Å². The Labute approximate surface area is 112 Å². The van der Waals surface area contributed by atoms with Gasteiger partial charge < -0.3 is 15.3 Å². The molecule has 0 aromatic heterocycles. The Hall–Kier alpha value is -1.88. The molecular formula is C14H18N2O3. The van der Waals surface area contributed by atoms with E-state index in [9.17, 15) is 9.59 Å². The van der Waals surface area contributed by atoms with Crippen molar-refractivity contribution in [1.82, 2.24) is 5.32 Å². The first-order valence-corrected chi connectivity index (χ1v) is 6.47. The van der Waals surface area contributed by atoms with E-state index in [4.69, 9.17) is 5.11 Å². The zero-order valence-corrected chi connectivity index (χ0v) is 10.7. The molecular weight excluding hydrogens is 244 g/mol. The van der Waals surface area contributed by atoms with Crippen molar-refractivity contribution in [3.8, 4) is 0 Å². The molecule has 0 radical (unpaired) electrons. The SMILES string of the molecule is O=C(O)CN(C(=O)C1CCCNC1)c1ccccc1. The van der Waals surface area contributed by atoms with E-state index < -0.39 is 5.97 Å². The number of amides is 1. The number of carboxylic acid groups (broad SMARTS) is 1. The Morgan fingerprint density at radius 3 is 2.63 bits per heavy atom. The highest BCUT2D eigenvalue weighted by Crippen LogP contribution is 2.19. The number of piperidine rings is 1. The van der Waals surface area contributed by atoms with Crippen LogP contribution in [0.1, 0.15) is 12.8 Å². The monoisotopic (exact) mass is 262 g/mol. The number of carbonyl (C=O) groups excluding carboxylic acids is 1. The lowest BCUT2D eigenvalue weighted by molar-refractivity contribution is -0.137. The zero-order valence-electron chi connectivity index (χ0n) is 10.7. The zero-order chi connectivity index (χ0) is 13.7. The van der Waals surface area contributed by atoms with E-state index in [1.807, 2.05) is 6.07 Å². The van der Waals surface area contributed by atoms with Crippen molar-refractivity contribution in [2.24, 2.45) is 5.92 Å². The van der Waals surface area contributed by atoms with E-state index in [0.29, 0.717) is 12.2 Å². The number of hydrogen-bond donors (Lipinski definition) is 2. The van der Waals surface area contributed by atoms with Gasteiger partial charge in [-0.3, -0.25) is 9.59 Å². The van der Waals surface area contributed by atoms with Crippen LogP contribution in [-0.4, -0.2) is 36.6 Å². The van der Waals surface area contributed by atoms with Gasteiger partial charge in [0.2, 0.25) is 5.91 Å². The maximum absolute atomic E-state index is 12.5. The van der Waals surface area contributed by atoms with Crippen LogP contribution in [0.2, 0.25) is 0 Å². The summed E-state index contributed by atoms with van der Waals surface area (Å²) in [5, 5.41) is 12.2. The van der Waals surface area contributed by atoms with E-state index in [2.05, 4.69) is 5.32 Å². The minimum atomic E-state index is -0.999. The number of para-hydroxylation sites is 1. The lowest BCUT2D eigenvalue weighted by Gasteiger charge is -2.28. The first-order valence-electron chi connectivity index (χ1n) is 6.47. The number of anilines is 1. The molecule has 0 saturated carbocycles. The summed E-state index contributed by atoms with van der Waals surface area (Å²) in [6, 6.07) is 8.97. The summed E-state index contributed by atoms with van der Waals surface area (Å²) in [5.41, 5.74) is 0.639. The van der Waals surface area contributed by atoms with Gasteiger partial charge in [0.15, 0.2) is 0 Å². The molecule has 102 valence electrons. The van der Waals surface area contributed by atoms with Crippen molar-refractivity contribution in [1.29, 1.82) is 0 Å². The molecule has 1 aromatic rings. The Morgan fingerprint density at radius 2 is 2.05 bits per heavy atom. The van der Waals surface area contributed by atoms with Gasteiger partial charge in [-0.05, 0) is 31.5 Å². The van der Waals surface area contributed by atoms with Gasteiger partial charge in [0.1, 0.15) is 6.54 Å². The summed E-state index contributed by atoms with van der Waals surface area (Å²) in [6.45, 7) is 1.26. The quantitative estimate of drug-likeness (QED) is 0.852. The second kappa shape index (κ2) is 6.33. The molecule has 1 amide bonds. The summed E-state index contributed by atoms with van der Waals surface area (Å²) >= 11 is 0. The molecule has 1 heterocycles. The lowest BCUT2D eigenvalue weighted by Crippen LogP contribution is -2.45. The third-order valence-corrected chi connectivity index (χ3v) is 3.27. The van der Waals surface area contributed by atoms with Crippen molar-refractivity contribution in [3.63, 3.8) is 0 Å². The van der Waals surface area contributed by atoms with Gasteiger partial charge in [-0.1, -0.05) is 18.2 Å². The van der Waals surface area contributed by atoms with Crippen molar-refractivity contribution in [3.05, 3.63) is 30.3 Å². The van der Waals surface area contributed by atoms with E-state index in [1.54, 1.807) is 24.3 Å². The molecule has 1 aliphatic rings. The Bertz CT molecular complexity index is 441. The molecule has 0 spiro atoms. The van der Waals surface area contributed by atoms with Gasteiger partial charge in [0.25, 0.3) is 0 Å². The third-order valence-electron chi connectivity index (χ3n) is 3.27. The molecule has 1 unspecified atom stereocenters. The van der Waals surface area contributed by atoms with Crippen molar-refractivity contribution in [2.45, 2.75) is 12.8 Å². The summed E-state index contributed by atoms with van der Waals surface area (Å²) in [5.74, 6) is -1.24. The smallest absolute Gasteiger partial charge is 0.323 e. The Kier molecular flexibility index (Phi) is 4.52. The number of aliphatic carboxylic acids is 1. The van der Waals surface area contributed by atoms with Gasteiger partial charge in [-0.15, -0.1) is 0 Å². The maximum atomic E-state index is 12.5. The molecule has 5 heteroatoms. The predicted octanol–water partition coefficient (Wildman–Crippen LogP) is 1.10. The van der Waals surface area contributed by atoms with Crippen LogP contribution in [0, 0.1) is 5.92 Å². The summed E-state index contributed by atoms with van der Waals surface area (Å²) < 4.78 is 0. The number of nitrogens with zero attached hydrogens (tertiary/aromatic N) is 1. The van der Waals surface area contributed by atoms with Gasteiger partial charge in [0, 0.05) is 12.2 Å². The molecule has 1 fully saturated rings. The standard InChI is InChI=1S/C14H18N2O3/c17-13(18)10-16(12-6-2-1-3-7-12)14(19)11-5-4-8-15-9-11/h1-3,6-7,11,15H,4-5,8-10H2,(H,17,18). The minimum absolute atomic E-state index is 0.110. The highest BCUT2D eigenvalue weighted by Gasteiger charge is 2.27. The minimum Gasteiger partial charge on any atom is -0.480 e. The average molecular weight is 262 g/mol. The predicted molar refractivity (Wildman–Crippen MR) is 72.0 cm³/mol. The molecule has 1 aliphatic heterocycles. The van der Waals surface area contributed by atoms with Crippen LogP contribution in [0.15, 0.2) is 30.3 Å². The molecule has 1 atom stereocenters. The number of hydrogen-bond acceptors (Lipinski definition) is 3. The summed E-state index contributed by atoms with van der Waals surface area (Å²) in [6.07, 6.45) is 1.76. The molecule has 5 nitrogen and oxygen atoms in total. The van der Waals surface area contributed by atoms with Gasteiger partial charge in [-0.2, -0.15) is 0 Å². The number of carbonyl (C=O) groups is 2. The highest BCUT2D eigenvalue weighted by molar-refractivity contribution is 5.98. The summed E-state index contributed by atoms with van der Waals surface area (Å²) in [4.78, 5) is 24.8. The lowest BCUT2D eigenvalue weighted by atomic mass is 9.98. The van der Waals surface area contributed by atoms with Crippen LogP contribution in [0.5, 0.6) is 0 Å². The van der Waals surface area contributed by atoms with Crippen LogP contribution in [0.3, 0.4) is 0 Å². The fourth-order valence-corrected chi connectivity index (χ4v) is 2.32. The van der Waals surface area contributed by atoms with Gasteiger partial charge in [0.05, 0.1) is 5.92 Å². The Morgan fingerprint density at radius 1 is 1.32 bits per heavy atom. The normalized spacial score (nSPS) is 18.8. The molecule has 1 saturated heterocycles. The van der Waals surface area contributed by atoms with Crippen LogP contribution in [-0.2, 0) is 9.59 Å². The second-order valence-corrected chi connectivity index (χ2v) is 4.70. The second-order valence-electron chi connectivity index (χ2n) is 4.70. The molecule has 0 aliphatic carbocycles. The first-order chi connectivity index (χ1) is 9.18. The number of carboxylic acids is 1. The van der Waals surface area contributed by atoms with Crippen molar-refractivity contribution >= 4 is 17.6 Å². The fourth-order valence-electron chi connectivity index (χ4n) is 2.32. The van der Waals surface area contributed by atoms with Crippen LogP contribution in [0.25, 0.3) is 0 Å². The van der Waals surface area contributed by atoms with Crippen LogP contribution >= 0.6 is 0 Å². The van der Waals surface area contributed by atoms with E-state index in [0.717, 1.165) is 19.4 Å². The van der Waals surface area contributed by atoms with E-state index >= 15 is 0 Å². The number of nitrogens with one attached hydrogen (secondary N) is 1. The fraction of sp³-hybridized carbons (Fsp3) is 0.429. The van der Waals surface area contributed by atoms with E-state index in [-0.39, 0.29) is 18.4 Å². The Balaban J connectivity index is 2.17. The topological polar surface area (TPSA) is 69.6 Å². The summed E-state index contributed by atoms with van der Waals surface area (Å²) in [7, 11) is 0.